The van der Waals surface area contributed by atoms with Gasteiger partial charge in [-0.05, 0) is 12.3 Å². The summed E-state index contributed by atoms with van der Waals surface area (Å²) < 4.78 is 21.9. The number of rotatable bonds is 6. The summed E-state index contributed by atoms with van der Waals surface area (Å²) in [5.41, 5.74) is 3.06. The molecule has 122 valence electrons. The molecule has 0 saturated heterocycles. The van der Waals surface area contributed by atoms with Crippen LogP contribution in [0, 0.1) is 0 Å². The lowest BCUT2D eigenvalue weighted by atomic mass is 10.1. The summed E-state index contributed by atoms with van der Waals surface area (Å²) in [5.74, 6) is -0.622. The molecular weight excluding hydrogens is 318 g/mol. The van der Waals surface area contributed by atoms with Crippen LogP contribution in [0.15, 0.2) is 54.3 Å². The van der Waals surface area contributed by atoms with Crippen molar-refractivity contribution in [3.05, 3.63) is 59.8 Å². The van der Waals surface area contributed by atoms with Gasteiger partial charge in [-0.25, -0.2) is 8.42 Å². The Balaban J connectivity index is 1.93. The van der Waals surface area contributed by atoms with Gasteiger partial charge >= 0.3 is 0 Å². The number of carbonyl (C=O) groups excluding carboxylic acids is 2. The molecule has 0 unspecified atom stereocenters. The van der Waals surface area contributed by atoms with E-state index in [1.165, 1.54) is 0 Å². The molecule has 1 aliphatic rings. The highest BCUT2D eigenvalue weighted by molar-refractivity contribution is 7.88. The molecule has 0 aromatic heterocycles. The van der Waals surface area contributed by atoms with Crippen LogP contribution >= 0.6 is 0 Å². The van der Waals surface area contributed by atoms with Crippen LogP contribution in [0.25, 0.3) is 0 Å². The molecule has 2 rings (SSSR count). The monoisotopic (exact) mass is 335 g/mol. The van der Waals surface area contributed by atoms with Crippen LogP contribution in [-0.4, -0.2) is 44.4 Å². The number of nitrogens with one attached hydrogen (secondary N) is 2. The lowest BCUT2D eigenvalue weighted by Gasteiger charge is -2.23. The fourth-order valence-electron chi connectivity index (χ4n) is 1.98. The predicted octanol–water partition coefficient (Wildman–Crippen LogP) is 0.205. The van der Waals surface area contributed by atoms with Crippen LogP contribution in [0.1, 0.15) is 10.4 Å². The number of benzene rings is 1. The predicted molar refractivity (Wildman–Crippen MR) is 85.7 cm³/mol. The van der Waals surface area contributed by atoms with Gasteiger partial charge in [-0.2, -0.15) is 0 Å². The molecule has 0 aliphatic carbocycles. The van der Waals surface area contributed by atoms with Crippen LogP contribution in [0.2, 0.25) is 0 Å². The third-order valence-corrected chi connectivity index (χ3v) is 3.52. The van der Waals surface area contributed by atoms with Crippen LogP contribution in [-0.2, 0) is 14.8 Å². The number of ketones is 1. The lowest BCUT2D eigenvalue weighted by Crippen LogP contribution is -2.43. The Bertz CT molecular complexity index is 754. The highest BCUT2D eigenvalue weighted by Crippen LogP contribution is 2.09. The second-order valence-corrected chi connectivity index (χ2v) is 6.80. The average Bonchev–Trinajstić information content (AvgIpc) is 2.53. The maximum Gasteiger partial charge on any atom is 0.263 e. The second kappa shape index (κ2) is 7.21. The molecule has 0 saturated carbocycles. The Kier molecular flexibility index (Phi) is 5.30. The molecule has 1 aromatic carbocycles. The van der Waals surface area contributed by atoms with Crippen LogP contribution < -0.4 is 10.3 Å². The van der Waals surface area contributed by atoms with Gasteiger partial charge in [-0.1, -0.05) is 36.4 Å². The Morgan fingerprint density at radius 1 is 1.22 bits per heavy atom. The Hall–Kier alpha value is -2.45. The van der Waals surface area contributed by atoms with E-state index in [4.69, 9.17) is 0 Å². The van der Waals surface area contributed by atoms with E-state index < -0.39 is 15.9 Å². The third kappa shape index (κ3) is 5.35. The minimum atomic E-state index is -3.52. The van der Waals surface area contributed by atoms with E-state index in [-0.39, 0.29) is 18.9 Å². The van der Waals surface area contributed by atoms with Gasteiger partial charge in [0.25, 0.3) is 5.91 Å². The van der Waals surface area contributed by atoms with E-state index in [1.54, 1.807) is 47.5 Å². The molecule has 1 aromatic rings. The molecule has 1 aliphatic heterocycles. The van der Waals surface area contributed by atoms with Crippen molar-refractivity contribution >= 4 is 21.7 Å². The van der Waals surface area contributed by atoms with E-state index in [1.807, 2.05) is 10.9 Å². The van der Waals surface area contributed by atoms with E-state index in [2.05, 4.69) is 5.43 Å². The maximum absolute atomic E-state index is 12.2. The van der Waals surface area contributed by atoms with Crippen molar-refractivity contribution in [2.75, 3.05) is 19.3 Å². The summed E-state index contributed by atoms with van der Waals surface area (Å²) in [6.45, 7) is 0.344. The summed E-state index contributed by atoms with van der Waals surface area (Å²) >= 11 is 0. The summed E-state index contributed by atoms with van der Waals surface area (Å²) in [6, 6.07) is 8.87. The number of hydrogen-bond acceptors (Lipinski definition) is 5. The number of allylic oxidation sites excluding steroid dienone is 2. The highest BCUT2D eigenvalue weighted by atomic mass is 32.2. The van der Waals surface area contributed by atoms with Crippen molar-refractivity contribution in [3.63, 3.8) is 0 Å². The van der Waals surface area contributed by atoms with Gasteiger partial charge < -0.3 is 4.90 Å². The van der Waals surface area contributed by atoms with Crippen LogP contribution in [0.5, 0.6) is 0 Å². The van der Waals surface area contributed by atoms with E-state index in [9.17, 15) is 18.0 Å². The molecule has 1 amide bonds. The van der Waals surface area contributed by atoms with Crippen LogP contribution in [0.4, 0.5) is 0 Å². The number of hydrazine groups is 1. The number of Topliss-reactive ketones (excluding diaryl/α,β-unsaturated/α-hetero) is 1. The van der Waals surface area contributed by atoms with E-state index >= 15 is 0 Å². The van der Waals surface area contributed by atoms with Gasteiger partial charge in [-0.3, -0.25) is 15.0 Å². The van der Waals surface area contributed by atoms with E-state index in [0.29, 0.717) is 11.1 Å². The topological polar surface area (TPSA) is 95.6 Å². The first-order valence-electron chi connectivity index (χ1n) is 6.82. The summed E-state index contributed by atoms with van der Waals surface area (Å²) in [6.07, 6.45) is 5.86. The second-order valence-electron chi connectivity index (χ2n) is 5.06. The van der Waals surface area contributed by atoms with Gasteiger partial charge in [0.1, 0.15) is 0 Å². The minimum absolute atomic E-state index is 0.0637. The smallest absolute Gasteiger partial charge is 0.263 e. The SMILES string of the molecule is CS(=O)(=O)NNC(=O)C1=CC=CN(CC(=O)c2ccccc2)C1. The first-order valence-corrected chi connectivity index (χ1v) is 8.71. The molecule has 7 nitrogen and oxygen atoms in total. The van der Waals surface area contributed by atoms with Gasteiger partial charge in [0, 0.05) is 17.7 Å². The number of nitrogens with zero attached hydrogens (tertiary/aromatic N) is 1. The fraction of sp³-hybridized carbons (Fsp3) is 0.200. The third-order valence-electron chi connectivity index (χ3n) is 3.05. The Morgan fingerprint density at radius 3 is 2.57 bits per heavy atom. The van der Waals surface area contributed by atoms with Gasteiger partial charge in [0.2, 0.25) is 10.0 Å². The first kappa shape index (κ1) is 16.9. The molecule has 2 N–H and O–H groups in total. The quantitative estimate of drug-likeness (QED) is 0.572. The van der Waals surface area contributed by atoms with Crippen molar-refractivity contribution in [3.8, 4) is 0 Å². The first-order chi connectivity index (χ1) is 10.8. The van der Waals surface area contributed by atoms with E-state index in [0.717, 1.165) is 6.26 Å². The molecule has 0 bridgehead atoms. The minimum Gasteiger partial charge on any atom is -0.365 e. The van der Waals surface area contributed by atoms with Gasteiger partial charge in [0.05, 0.1) is 12.8 Å². The van der Waals surface area contributed by atoms with Gasteiger partial charge in [0.15, 0.2) is 5.78 Å². The van der Waals surface area contributed by atoms with Crippen molar-refractivity contribution in [2.24, 2.45) is 0 Å². The maximum atomic E-state index is 12.2. The molecule has 0 fully saturated rings. The van der Waals surface area contributed by atoms with Crippen LogP contribution in [0.3, 0.4) is 0 Å². The highest BCUT2D eigenvalue weighted by Gasteiger charge is 2.18. The van der Waals surface area contributed by atoms with Crippen molar-refractivity contribution < 1.29 is 18.0 Å². The van der Waals surface area contributed by atoms with Crippen molar-refractivity contribution in [1.82, 2.24) is 15.2 Å². The fourth-order valence-corrected chi connectivity index (χ4v) is 2.26. The summed E-state index contributed by atoms with van der Waals surface area (Å²) in [4.78, 5) is 27.7. The molecule has 23 heavy (non-hydrogen) atoms. The average molecular weight is 335 g/mol. The number of amides is 1. The molecule has 0 radical (unpaired) electrons. The molecule has 8 heteroatoms. The molecule has 0 atom stereocenters. The zero-order valence-electron chi connectivity index (χ0n) is 12.5. The van der Waals surface area contributed by atoms with Crippen molar-refractivity contribution in [1.29, 1.82) is 0 Å². The normalized spacial score (nSPS) is 14.3. The van der Waals surface area contributed by atoms with Gasteiger partial charge in [-0.15, -0.1) is 4.83 Å². The summed E-state index contributed by atoms with van der Waals surface area (Å²) in [7, 11) is -3.52. The zero-order chi connectivity index (χ0) is 16.9. The number of carbonyl (C=O) groups is 2. The molecule has 1 heterocycles. The standard InChI is InChI=1S/C15H17N3O4S/c1-23(21,22)17-16-15(20)13-8-5-9-18(10-13)11-14(19)12-6-3-2-4-7-12/h2-9,17H,10-11H2,1H3,(H,16,20). The molecular formula is C15H17N3O4S. The lowest BCUT2D eigenvalue weighted by molar-refractivity contribution is -0.118. The molecule has 0 spiro atoms. The number of hydrogen-bond donors (Lipinski definition) is 2. The Morgan fingerprint density at radius 2 is 1.91 bits per heavy atom. The summed E-state index contributed by atoms with van der Waals surface area (Å²) in [5, 5.41) is 0. The Labute approximate surface area is 134 Å². The number of sulfonamides is 1. The largest absolute Gasteiger partial charge is 0.365 e. The van der Waals surface area contributed by atoms with Crippen molar-refractivity contribution in [2.45, 2.75) is 0 Å². The zero-order valence-corrected chi connectivity index (χ0v) is 13.3.